The molecule has 1 fully saturated rings. The van der Waals surface area contributed by atoms with Crippen LogP contribution in [-0.2, 0) is 14.6 Å². The summed E-state index contributed by atoms with van der Waals surface area (Å²) in [5.74, 6) is 0.446. The molecule has 136 valence electrons. The lowest BCUT2D eigenvalue weighted by molar-refractivity contribution is 0.120. The number of hydrogen-bond donors (Lipinski definition) is 1. The van der Waals surface area contributed by atoms with Gasteiger partial charge < -0.3 is 14.5 Å². The molecule has 2 aromatic heterocycles. The number of oxazole rings is 1. The lowest BCUT2D eigenvalue weighted by Crippen LogP contribution is -2.19. The molecule has 1 atom stereocenters. The van der Waals surface area contributed by atoms with E-state index in [0.29, 0.717) is 6.54 Å². The minimum atomic E-state index is -3.79. The zero-order valence-electron chi connectivity index (χ0n) is 13.9. The zero-order valence-corrected chi connectivity index (χ0v) is 15.6. The number of ether oxygens (including phenoxy) is 1. The summed E-state index contributed by atoms with van der Waals surface area (Å²) in [7, 11) is -3.79. The van der Waals surface area contributed by atoms with Crippen molar-refractivity contribution in [3.05, 3.63) is 47.2 Å². The third-order valence-electron chi connectivity index (χ3n) is 4.19. The van der Waals surface area contributed by atoms with Crippen molar-refractivity contribution >= 4 is 27.1 Å². The minimum Gasteiger partial charge on any atom is -0.419 e. The Morgan fingerprint density at radius 1 is 1.23 bits per heavy atom. The third kappa shape index (κ3) is 3.40. The molecule has 0 bridgehead atoms. The Hall–Kier alpha value is -2.16. The fraction of sp³-hybridized carbons (Fsp3) is 0.278. The van der Waals surface area contributed by atoms with Crippen molar-refractivity contribution in [3.63, 3.8) is 0 Å². The Morgan fingerprint density at radius 3 is 2.77 bits per heavy atom. The molecule has 1 unspecified atom stereocenters. The van der Waals surface area contributed by atoms with E-state index in [1.807, 2.05) is 16.8 Å². The van der Waals surface area contributed by atoms with Gasteiger partial charge in [-0.3, -0.25) is 0 Å². The maximum atomic E-state index is 13.0. The largest absolute Gasteiger partial charge is 0.419 e. The van der Waals surface area contributed by atoms with E-state index in [0.717, 1.165) is 25.0 Å². The van der Waals surface area contributed by atoms with E-state index in [1.165, 1.54) is 11.3 Å². The smallest absolute Gasteiger partial charge is 0.233 e. The van der Waals surface area contributed by atoms with Crippen LogP contribution in [0.1, 0.15) is 12.8 Å². The molecule has 8 heteroatoms. The van der Waals surface area contributed by atoms with E-state index >= 15 is 0 Å². The molecule has 1 aromatic carbocycles. The summed E-state index contributed by atoms with van der Waals surface area (Å²) in [4.78, 5) is 4.48. The summed E-state index contributed by atoms with van der Waals surface area (Å²) >= 11 is 1.50. The molecule has 0 spiro atoms. The Labute approximate surface area is 155 Å². The molecule has 6 nitrogen and oxygen atoms in total. The van der Waals surface area contributed by atoms with E-state index in [2.05, 4.69) is 10.3 Å². The van der Waals surface area contributed by atoms with Crippen LogP contribution < -0.4 is 5.32 Å². The van der Waals surface area contributed by atoms with E-state index < -0.39 is 9.84 Å². The fourth-order valence-electron chi connectivity index (χ4n) is 2.83. The summed E-state index contributed by atoms with van der Waals surface area (Å²) in [6.07, 6.45) is 2.01. The Kier molecular flexibility index (Phi) is 4.80. The maximum absolute atomic E-state index is 13.0. The molecule has 26 heavy (non-hydrogen) atoms. The average molecular weight is 390 g/mol. The SMILES string of the molecule is O=S(=O)(c1ccccc1)c1nc(-c2ccsc2)oc1NCC1CCCO1. The molecule has 0 radical (unpaired) electrons. The van der Waals surface area contributed by atoms with Gasteiger partial charge in [-0.05, 0) is 36.4 Å². The lowest BCUT2D eigenvalue weighted by atomic mass is 10.2. The van der Waals surface area contributed by atoms with Gasteiger partial charge in [0.1, 0.15) is 0 Å². The first-order valence-electron chi connectivity index (χ1n) is 8.33. The van der Waals surface area contributed by atoms with Crippen LogP contribution in [0.4, 0.5) is 5.88 Å². The van der Waals surface area contributed by atoms with Crippen molar-refractivity contribution in [1.82, 2.24) is 4.98 Å². The number of benzene rings is 1. The van der Waals surface area contributed by atoms with Crippen LogP contribution in [0.2, 0.25) is 0 Å². The highest BCUT2D eigenvalue weighted by Gasteiger charge is 2.29. The molecular weight excluding hydrogens is 372 g/mol. The molecule has 3 heterocycles. The van der Waals surface area contributed by atoms with Gasteiger partial charge in [0.05, 0.1) is 11.0 Å². The average Bonchev–Trinajstić information content (AvgIpc) is 3.41. The van der Waals surface area contributed by atoms with Gasteiger partial charge in [0, 0.05) is 24.1 Å². The highest BCUT2D eigenvalue weighted by molar-refractivity contribution is 7.91. The van der Waals surface area contributed by atoms with Gasteiger partial charge in [-0.25, -0.2) is 8.42 Å². The monoisotopic (exact) mass is 390 g/mol. The highest BCUT2D eigenvalue weighted by Crippen LogP contribution is 2.33. The molecule has 1 aliphatic heterocycles. The fourth-order valence-corrected chi connectivity index (χ4v) is 4.76. The second-order valence-corrected chi connectivity index (χ2v) is 8.64. The van der Waals surface area contributed by atoms with Gasteiger partial charge in [-0.15, -0.1) is 0 Å². The number of sulfone groups is 1. The number of thiophene rings is 1. The van der Waals surface area contributed by atoms with E-state index in [4.69, 9.17) is 9.15 Å². The molecule has 1 saturated heterocycles. The Bertz CT molecular complexity index is 960. The van der Waals surface area contributed by atoms with E-state index in [1.54, 1.807) is 30.3 Å². The molecule has 4 rings (SSSR count). The molecule has 0 saturated carbocycles. The molecule has 1 N–H and O–H groups in total. The lowest BCUT2D eigenvalue weighted by Gasteiger charge is -2.10. The van der Waals surface area contributed by atoms with Crippen LogP contribution >= 0.6 is 11.3 Å². The van der Waals surface area contributed by atoms with Gasteiger partial charge in [-0.2, -0.15) is 16.3 Å². The number of rotatable bonds is 6. The van der Waals surface area contributed by atoms with Crippen LogP contribution in [0.3, 0.4) is 0 Å². The van der Waals surface area contributed by atoms with Gasteiger partial charge >= 0.3 is 0 Å². The summed E-state index contributed by atoms with van der Waals surface area (Å²) in [5.41, 5.74) is 0.754. The summed E-state index contributed by atoms with van der Waals surface area (Å²) in [6.45, 7) is 1.22. The topological polar surface area (TPSA) is 81.4 Å². The minimum absolute atomic E-state index is 0.0528. The van der Waals surface area contributed by atoms with E-state index in [9.17, 15) is 8.42 Å². The van der Waals surface area contributed by atoms with Gasteiger partial charge in [-0.1, -0.05) is 18.2 Å². The van der Waals surface area contributed by atoms with Crippen LogP contribution in [0.25, 0.3) is 11.5 Å². The quantitative estimate of drug-likeness (QED) is 0.689. The first kappa shape index (κ1) is 17.3. The first-order valence-corrected chi connectivity index (χ1v) is 10.8. The molecule has 3 aromatic rings. The van der Waals surface area contributed by atoms with Crippen LogP contribution in [0.15, 0.2) is 61.5 Å². The standard InChI is InChI=1S/C18H18N2O4S2/c21-26(22,15-6-2-1-3-7-15)18-17(19-11-14-5-4-9-23-14)24-16(20-18)13-8-10-25-12-13/h1-3,6-8,10,12,14,19H,4-5,9,11H2. The van der Waals surface area contributed by atoms with Crippen molar-refractivity contribution in [1.29, 1.82) is 0 Å². The predicted octanol–water partition coefficient (Wildman–Crippen LogP) is 3.83. The highest BCUT2D eigenvalue weighted by atomic mass is 32.2. The predicted molar refractivity (Wildman–Crippen MR) is 99.2 cm³/mol. The number of nitrogens with zero attached hydrogens (tertiary/aromatic N) is 1. The molecular formula is C18H18N2O4S2. The second-order valence-electron chi connectivity index (χ2n) is 6.00. The van der Waals surface area contributed by atoms with Gasteiger partial charge in [0.2, 0.25) is 26.6 Å². The summed E-state index contributed by atoms with van der Waals surface area (Å²) < 4.78 is 37.5. The number of aromatic nitrogens is 1. The molecule has 1 aliphatic rings. The maximum Gasteiger partial charge on any atom is 0.233 e. The number of hydrogen-bond acceptors (Lipinski definition) is 7. The number of anilines is 1. The summed E-state index contributed by atoms with van der Waals surface area (Å²) in [6, 6.07) is 10.1. The van der Waals surface area contributed by atoms with Crippen molar-refractivity contribution in [2.75, 3.05) is 18.5 Å². The van der Waals surface area contributed by atoms with Crippen molar-refractivity contribution in [2.24, 2.45) is 0 Å². The Balaban J connectivity index is 1.71. The van der Waals surface area contributed by atoms with Crippen LogP contribution in [0.5, 0.6) is 0 Å². The Morgan fingerprint density at radius 2 is 2.08 bits per heavy atom. The number of nitrogens with one attached hydrogen (secondary N) is 1. The zero-order chi connectivity index (χ0) is 18.0. The van der Waals surface area contributed by atoms with E-state index in [-0.39, 0.29) is 27.8 Å². The van der Waals surface area contributed by atoms with Crippen molar-refractivity contribution in [2.45, 2.75) is 28.9 Å². The van der Waals surface area contributed by atoms with Gasteiger partial charge in [0.25, 0.3) is 0 Å². The van der Waals surface area contributed by atoms with Crippen LogP contribution in [0, 0.1) is 0 Å². The van der Waals surface area contributed by atoms with Crippen molar-refractivity contribution < 1.29 is 17.6 Å². The normalized spacial score (nSPS) is 17.5. The summed E-state index contributed by atoms with van der Waals surface area (Å²) in [5, 5.41) is 6.75. The third-order valence-corrected chi connectivity index (χ3v) is 6.55. The van der Waals surface area contributed by atoms with Gasteiger partial charge in [0.15, 0.2) is 0 Å². The second kappa shape index (κ2) is 7.22. The molecule has 0 amide bonds. The first-order chi connectivity index (χ1) is 12.6. The van der Waals surface area contributed by atoms with Crippen LogP contribution in [-0.4, -0.2) is 32.7 Å². The van der Waals surface area contributed by atoms with Crippen molar-refractivity contribution in [3.8, 4) is 11.5 Å². The molecule has 0 aliphatic carbocycles.